The number of ether oxygens (including phenoxy) is 1. The smallest absolute Gasteiger partial charge is 0.160 e. The zero-order chi connectivity index (χ0) is 15.5. The maximum atomic E-state index is 5.74. The van der Waals surface area contributed by atoms with Crippen molar-refractivity contribution in [2.45, 2.75) is 26.5 Å². The van der Waals surface area contributed by atoms with Crippen molar-refractivity contribution in [3.8, 4) is 5.75 Å². The number of hydrogen-bond acceptors (Lipinski definition) is 5. The Labute approximate surface area is 129 Å². The van der Waals surface area contributed by atoms with Gasteiger partial charge in [-0.15, -0.1) is 0 Å². The van der Waals surface area contributed by atoms with Gasteiger partial charge in [-0.25, -0.2) is 9.97 Å². The zero-order valence-electron chi connectivity index (χ0n) is 12.9. The van der Waals surface area contributed by atoms with Gasteiger partial charge in [0.15, 0.2) is 5.65 Å². The van der Waals surface area contributed by atoms with Gasteiger partial charge in [-0.3, -0.25) is 5.10 Å². The maximum absolute atomic E-state index is 5.74. The lowest BCUT2D eigenvalue weighted by Crippen LogP contribution is -2.18. The SMILES string of the molecule is CC(C)Oc1cccc(CN(C)c2ncnc3[nH]ncc23)c1. The van der Waals surface area contributed by atoms with Gasteiger partial charge >= 0.3 is 0 Å². The van der Waals surface area contributed by atoms with E-state index >= 15 is 0 Å². The summed E-state index contributed by atoms with van der Waals surface area (Å²) in [6.45, 7) is 4.78. The van der Waals surface area contributed by atoms with Crippen molar-refractivity contribution >= 4 is 16.9 Å². The molecular formula is C16H19N5O. The average molecular weight is 297 g/mol. The van der Waals surface area contributed by atoms with Crippen molar-refractivity contribution < 1.29 is 4.74 Å². The number of nitrogens with one attached hydrogen (secondary N) is 1. The topological polar surface area (TPSA) is 66.9 Å². The highest BCUT2D eigenvalue weighted by Crippen LogP contribution is 2.22. The number of anilines is 1. The van der Waals surface area contributed by atoms with E-state index in [0.29, 0.717) is 0 Å². The molecule has 0 aliphatic heterocycles. The van der Waals surface area contributed by atoms with Crippen LogP contribution in [-0.2, 0) is 6.54 Å². The molecule has 0 atom stereocenters. The van der Waals surface area contributed by atoms with Crippen LogP contribution < -0.4 is 9.64 Å². The zero-order valence-corrected chi connectivity index (χ0v) is 12.9. The van der Waals surface area contributed by atoms with E-state index in [-0.39, 0.29) is 6.10 Å². The Morgan fingerprint density at radius 2 is 2.14 bits per heavy atom. The number of H-pyrrole nitrogens is 1. The Balaban J connectivity index is 1.82. The van der Waals surface area contributed by atoms with E-state index < -0.39 is 0 Å². The number of fused-ring (bicyclic) bond motifs is 1. The Morgan fingerprint density at radius 3 is 2.95 bits per heavy atom. The van der Waals surface area contributed by atoms with Crippen molar-refractivity contribution in [3.63, 3.8) is 0 Å². The van der Waals surface area contributed by atoms with Gasteiger partial charge in [0.25, 0.3) is 0 Å². The lowest BCUT2D eigenvalue weighted by molar-refractivity contribution is 0.242. The van der Waals surface area contributed by atoms with Crippen molar-refractivity contribution in [2.24, 2.45) is 0 Å². The van der Waals surface area contributed by atoms with E-state index in [4.69, 9.17) is 4.74 Å². The molecule has 0 amide bonds. The third-order valence-corrected chi connectivity index (χ3v) is 3.28. The van der Waals surface area contributed by atoms with Crippen molar-refractivity contribution in [2.75, 3.05) is 11.9 Å². The summed E-state index contributed by atoms with van der Waals surface area (Å²) in [4.78, 5) is 10.6. The van der Waals surface area contributed by atoms with Crippen LogP contribution in [0.15, 0.2) is 36.8 Å². The first kappa shape index (κ1) is 14.3. The minimum Gasteiger partial charge on any atom is -0.491 e. The van der Waals surface area contributed by atoms with Crippen LogP contribution in [0.5, 0.6) is 5.75 Å². The Bertz CT molecular complexity index is 768. The number of nitrogens with zero attached hydrogens (tertiary/aromatic N) is 4. The molecule has 0 spiro atoms. The lowest BCUT2D eigenvalue weighted by atomic mass is 10.2. The summed E-state index contributed by atoms with van der Waals surface area (Å²) in [7, 11) is 2.00. The maximum Gasteiger partial charge on any atom is 0.160 e. The molecule has 0 fully saturated rings. The molecule has 114 valence electrons. The minimum absolute atomic E-state index is 0.167. The molecule has 6 heteroatoms. The Morgan fingerprint density at radius 1 is 1.27 bits per heavy atom. The highest BCUT2D eigenvalue weighted by Gasteiger charge is 2.11. The van der Waals surface area contributed by atoms with Crippen LogP contribution in [0, 0.1) is 0 Å². The molecule has 3 aromatic rings. The first-order valence-corrected chi connectivity index (χ1v) is 7.24. The molecule has 2 heterocycles. The van der Waals surface area contributed by atoms with Gasteiger partial charge < -0.3 is 9.64 Å². The summed E-state index contributed by atoms with van der Waals surface area (Å²) in [5, 5.41) is 7.80. The van der Waals surface area contributed by atoms with E-state index in [9.17, 15) is 0 Å². The molecule has 0 saturated heterocycles. The predicted octanol–water partition coefficient (Wildman–Crippen LogP) is 2.78. The molecule has 0 saturated carbocycles. The fraction of sp³-hybridized carbons (Fsp3) is 0.312. The van der Waals surface area contributed by atoms with E-state index in [0.717, 1.165) is 34.7 Å². The molecule has 3 rings (SSSR count). The largest absolute Gasteiger partial charge is 0.491 e. The van der Waals surface area contributed by atoms with E-state index in [1.807, 2.05) is 33.0 Å². The Kier molecular flexibility index (Phi) is 3.91. The molecule has 2 aromatic heterocycles. The van der Waals surface area contributed by atoms with Crippen molar-refractivity contribution in [3.05, 3.63) is 42.4 Å². The van der Waals surface area contributed by atoms with E-state index in [2.05, 4.69) is 37.2 Å². The van der Waals surface area contributed by atoms with Gasteiger partial charge in [-0.2, -0.15) is 5.10 Å². The standard InChI is InChI=1S/C16H19N5O/c1-11(2)22-13-6-4-5-12(7-13)9-21(3)16-14-8-19-20-15(14)17-10-18-16/h4-8,10-11H,9H2,1-3H3,(H,17,18,19,20). The van der Waals surface area contributed by atoms with Gasteiger partial charge in [0.05, 0.1) is 17.7 Å². The molecule has 0 aliphatic carbocycles. The van der Waals surface area contributed by atoms with Crippen LogP contribution in [0.2, 0.25) is 0 Å². The van der Waals surface area contributed by atoms with E-state index in [1.54, 1.807) is 12.5 Å². The molecular weight excluding hydrogens is 278 g/mol. The van der Waals surface area contributed by atoms with Crippen LogP contribution in [0.25, 0.3) is 11.0 Å². The van der Waals surface area contributed by atoms with Gasteiger partial charge in [-0.1, -0.05) is 12.1 Å². The monoisotopic (exact) mass is 297 g/mol. The third kappa shape index (κ3) is 3.00. The first-order chi connectivity index (χ1) is 10.6. The highest BCUT2D eigenvalue weighted by atomic mass is 16.5. The fourth-order valence-electron chi connectivity index (χ4n) is 2.39. The molecule has 6 nitrogen and oxygen atoms in total. The van der Waals surface area contributed by atoms with Crippen LogP contribution in [0.3, 0.4) is 0 Å². The van der Waals surface area contributed by atoms with Gasteiger partial charge in [-0.05, 0) is 31.5 Å². The number of hydrogen-bond donors (Lipinski definition) is 1. The molecule has 0 unspecified atom stereocenters. The average Bonchev–Trinajstić information content (AvgIpc) is 2.95. The lowest BCUT2D eigenvalue weighted by Gasteiger charge is -2.19. The molecule has 1 N–H and O–H groups in total. The normalized spacial score (nSPS) is 11.1. The molecule has 0 bridgehead atoms. The van der Waals surface area contributed by atoms with Gasteiger partial charge in [0.1, 0.15) is 17.9 Å². The summed E-state index contributed by atoms with van der Waals surface area (Å²) in [6, 6.07) is 8.12. The molecule has 0 radical (unpaired) electrons. The summed E-state index contributed by atoms with van der Waals surface area (Å²) < 4.78 is 5.74. The summed E-state index contributed by atoms with van der Waals surface area (Å²) >= 11 is 0. The number of benzene rings is 1. The van der Waals surface area contributed by atoms with Crippen LogP contribution in [0.1, 0.15) is 19.4 Å². The summed E-state index contributed by atoms with van der Waals surface area (Å²) in [5.41, 5.74) is 1.91. The predicted molar refractivity (Wildman–Crippen MR) is 86.0 cm³/mol. The van der Waals surface area contributed by atoms with Crippen LogP contribution in [0.4, 0.5) is 5.82 Å². The highest BCUT2D eigenvalue weighted by molar-refractivity contribution is 5.85. The second kappa shape index (κ2) is 6.01. The second-order valence-corrected chi connectivity index (χ2v) is 5.50. The van der Waals surface area contributed by atoms with Crippen molar-refractivity contribution in [1.82, 2.24) is 20.2 Å². The second-order valence-electron chi connectivity index (χ2n) is 5.50. The number of aromatic nitrogens is 4. The minimum atomic E-state index is 0.167. The molecule has 0 aliphatic rings. The van der Waals surface area contributed by atoms with Gasteiger partial charge in [0, 0.05) is 13.6 Å². The van der Waals surface area contributed by atoms with E-state index in [1.165, 1.54) is 0 Å². The Hall–Kier alpha value is -2.63. The third-order valence-electron chi connectivity index (χ3n) is 3.28. The molecule has 22 heavy (non-hydrogen) atoms. The fourth-order valence-corrected chi connectivity index (χ4v) is 2.39. The summed E-state index contributed by atoms with van der Waals surface area (Å²) in [5.74, 6) is 1.74. The first-order valence-electron chi connectivity index (χ1n) is 7.24. The quantitative estimate of drug-likeness (QED) is 0.784. The van der Waals surface area contributed by atoms with Crippen LogP contribution >= 0.6 is 0 Å². The van der Waals surface area contributed by atoms with Crippen LogP contribution in [-0.4, -0.2) is 33.3 Å². The van der Waals surface area contributed by atoms with Crippen molar-refractivity contribution in [1.29, 1.82) is 0 Å². The van der Waals surface area contributed by atoms with Gasteiger partial charge in [0.2, 0.25) is 0 Å². The molecule has 1 aromatic carbocycles. The number of rotatable bonds is 5. The number of aromatic amines is 1. The summed E-state index contributed by atoms with van der Waals surface area (Å²) in [6.07, 6.45) is 3.46.